The van der Waals surface area contributed by atoms with E-state index in [1.807, 2.05) is 25.9 Å². The van der Waals surface area contributed by atoms with Gasteiger partial charge in [-0.15, -0.1) is 0 Å². The first kappa shape index (κ1) is 8.78. The molecule has 0 rings (SSSR count). The van der Waals surface area contributed by atoms with Gasteiger partial charge in [0.25, 0.3) is 0 Å². The number of nitrogens with two attached hydrogens (primary N) is 1. The summed E-state index contributed by atoms with van der Waals surface area (Å²) in [6.45, 7) is 2.01. The van der Waals surface area contributed by atoms with Gasteiger partial charge in [0.05, 0.1) is 5.37 Å². The molecule has 0 bridgehead atoms. The monoisotopic (exact) mass is 147 g/mol. The van der Waals surface area contributed by atoms with E-state index in [1.165, 1.54) is 11.8 Å². The molecule has 0 aliphatic rings. The van der Waals surface area contributed by atoms with Crippen molar-refractivity contribution in [2.45, 2.75) is 12.3 Å². The molecule has 0 saturated carbocycles. The Hall–Kier alpha value is -0.220. The molecule has 0 aromatic rings. The van der Waals surface area contributed by atoms with E-state index in [-0.39, 0.29) is 5.17 Å². The maximum absolute atomic E-state index is 6.93. The first-order valence-corrected chi connectivity index (χ1v) is 3.59. The average Bonchev–Trinajstić information content (AvgIpc) is 1.63. The summed E-state index contributed by atoms with van der Waals surface area (Å²) in [7, 11) is 3.92. The Labute approximate surface area is 60.1 Å². The van der Waals surface area contributed by atoms with Crippen molar-refractivity contribution in [3.8, 4) is 0 Å². The van der Waals surface area contributed by atoms with Crippen LogP contribution in [0, 0.1) is 5.41 Å². The molecule has 9 heavy (non-hydrogen) atoms. The molecule has 0 aromatic heterocycles. The lowest BCUT2D eigenvalue weighted by Crippen LogP contribution is -2.24. The van der Waals surface area contributed by atoms with Gasteiger partial charge in [-0.1, -0.05) is 11.8 Å². The van der Waals surface area contributed by atoms with Crippen molar-refractivity contribution >= 4 is 16.9 Å². The first-order valence-electron chi connectivity index (χ1n) is 2.71. The summed E-state index contributed by atoms with van der Waals surface area (Å²) in [5, 5.41) is 7.40. The lowest BCUT2D eigenvalue weighted by atomic mass is 10.7. The number of nitrogens with one attached hydrogen (secondary N) is 1. The number of thioether (sulfide) groups is 1. The molecule has 0 aliphatic heterocycles. The molecular formula is C5H13N3S. The highest BCUT2D eigenvalue weighted by atomic mass is 32.2. The van der Waals surface area contributed by atoms with Crippen LogP contribution in [0.1, 0.15) is 6.92 Å². The first-order chi connectivity index (χ1) is 4.04. The zero-order valence-corrected chi connectivity index (χ0v) is 6.83. The number of hydrogen-bond donors (Lipinski definition) is 2. The minimum absolute atomic E-state index is 0.177. The fraction of sp³-hybridized carbons (Fsp3) is 0.800. The molecule has 0 saturated heterocycles. The second-order valence-electron chi connectivity index (χ2n) is 2.05. The number of nitrogens with zero attached hydrogens (tertiary/aromatic N) is 1. The van der Waals surface area contributed by atoms with Crippen molar-refractivity contribution in [1.29, 1.82) is 5.41 Å². The quantitative estimate of drug-likeness (QED) is 0.340. The molecule has 0 aromatic carbocycles. The van der Waals surface area contributed by atoms with Crippen LogP contribution in [0.3, 0.4) is 0 Å². The maximum Gasteiger partial charge on any atom is 0.152 e. The van der Waals surface area contributed by atoms with Gasteiger partial charge < -0.3 is 5.73 Å². The minimum Gasteiger partial charge on any atom is -0.379 e. The Balaban J connectivity index is 3.50. The highest BCUT2D eigenvalue weighted by Crippen LogP contribution is 2.09. The van der Waals surface area contributed by atoms with Gasteiger partial charge in [-0.25, -0.2) is 0 Å². The zero-order valence-electron chi connectivity index (χ0n) is 6.01. The zero-order chi connectivity index (χ0) is 7.44. The molecule has 0 fully saturated rings. The van der Waals surface area contributed by atoms with Gasteiger partial charge in [0.15, 0.2) is 5.17 Å². The second-order valence-corrected chi connectivity index (χ2v) is 3.40. The number of hydrogen-bond acceptors (Lipinski definition) is 3. The highest BCUT2D eigenvalue weighted by molar-refractivity contribution is 8.14. The number of rotatable bonds is 2. The molecule has 0 radical (unpaired) electrons. The molecule has 0 heterocycles. The topological polar surface area (TPSA) is 53.1 Å². The predicted octanol–water partition coefficient (Wildman–Crippen LogP) is 0.521. The standard InChI is InChI=1S/C5H13N3S/c1-4(8(2)3)9-5(6)7/h4H,1-3H3,(H3,6,7). The molecule has 4 heteroatoms. The molecule has 1 unspecified atom stereocenters. The fourth-order valence-corrected chi connectivity index (χ4v) is 0.867. The van der Waals surface area contributed by atoms with E-state index in [1.54, 1.807) is 0 Å². The molecule has 0 spiro atoms. The van der Waals surface area contributed by atoms with Crippen molar-refractivity contribution in [2.75, 3.05) is 14.1 Å². The van der Waals surface area contributed by atoms with Gasteiger partial charge in [0.1, 0.15) is 0 Å². The summed E-state index contributed by atoms with van der Waals surface area (Å²) in [5.41, 5.74) is 5.15. The Morgan fingerprint density at radius 2 is 2.11 bits per heavy atom. The molecule has 1 atom stereocenters. The third-order valence-electron chi connectivity index (χ3n) is 1.02. The Kier molecular flexibility index (Phi) is 3.65. The molecule has 0 amide bonds. The van der Waals surface area contributed by atoms with Crippen molar-refractivity contribution < 1.29 is 0 Å². The van der Waals surface area contributed by atoms with Crippen molar-refractivity contribution in [3.05, 3.63) is 0 Å². The molecule has 54 valence electrons. The fourth-order valence-electron chi connectivity index (χ4n) is 0.289. The van der Waals surface area contributed by atoms with Gasteiger partial charge in [-0.3, -0.25) is 10.3 Å². The minimum atomic E-state index is 0.177. The van der Waals surface area contributed by atoms with Gasteiger partial charge in [0.2, 0.25) is 0 Å². The van der Waals surface area contributed by atoms with Gasteiger partial charge in [-0.2, -0.15) is 0 Å². The summed E-state index contributed by atoms with van der Waals surface area (Å²) in [6.07, 6.45) is 0. The summed E-state index contributed by atoms with van der Waals surface area (Å²) in [4.78, 5) is 2.01. The van der Waals surface area contributed by atoms with E-state index >= 15 is 0 Å². The summed E-state index contributed by atoms with van der Waals surface area (Å²) in [5.74, 6) is 0. The van der Waals surface area contributed by atoms with E-state index in [2.05, 4.69) is 0 Å². The van der Waals surface area contributed by atoms with Gasteiger partial charge in [0, 0.05) is 0 Å². The summed E-state index contributed by atoms with van der Waals surface area (Å²) < 4.78 is 0. The van der Waals surface area contributed by atoms with Crippen LogP contribution in [0.5, 0.6) is 0 Å². The van der Waals surface area contributed by atoms with Crippen LogP contribution in [0.15, 0.2) is 0 Å². The highest BCUT2D eigenvalue weighted by Gasteiger charge is 2.04. The number of amidine groups is 1. The second kappa shape index (κ2) is 3.74. The molecule has 3 nitrogen and oxygen atoms in total. The SMILES string of the molecule is CC(SC(=N)N)N(C)C. The van der Waals surface area contributed by atoms with Crippen LogP contribution < -0.4 is 5.73 Å². The summed E-state index contributed by atoms with van der Waals surface area (Å²) >= 11 is 1.35. The van der Waals surface area contributed by atoms with E-state index in [0.29, 0.717) is 5.37 Å². The van der Waals surface area contributed by atoms with Crippen LogP contribution >= 0.6 is 11.8 Å². The lowest BCUT2D eigenvalue weighted by Gasteiger charge is -2.17. The normalized spacial score (nSPS) is 13.8. The molecule has 3 N–H and O–H groups in total. The van der Waals surface area contributed by atoms with Crippen LogP contribution in [-0.4, -0.2) is 29.5 Å². The largest absolute Gasteiger partial charge is 0.379 e. The molecular weight excluding hydrogens is 134 g/mol. The van der Waals surface area contributed by atoms with E-state index in [0.717, 1.165) is 0 Å². The summed E-state index contributed by atoms with van der Waals surface area (Å²) in [6, 6.07) is 0. The van der Waals surface area contributed by atoms with Crippen LogP contribution in [-0.2, 0) is 0 Å². The van der Waals surface area contributed by atoms with Gasteiger partial charge >= 0.3 is 0 Å². The maximum atomic E-state index is 6.93. The van der Waals surface area contributed by atoms with Crippen molar-refractivity contribution in [1.82, 2.24) is 4.90 Å². The van der Waals surface area contributed by atoms with Gasteiger partial charge in [-0.05, 0) is 21.0 Å². The lowest BCUT2D eigenvalue weighted by molar-refractivity contribution is 0.403. The third kappa shape index (κ3) is 4.29. The Bertz CT molecular complexity index is 102. The van der Waals surface area contributed by atoms with Crippen LogP contribution in [0.2, 0.25) is 0 Å². The van der Waals surface area contributed by atoms with Crippen LogP contribution in [0.4, 0.5) is 0 Å². The van der Waals surface area contributed by atoms with Crippen molar-refractivity contribution in [3.63, 3.8) is 0 Å². The van der Waals surface area contributed by atoms with E-state index < -0.39 is 0 Å². The average molecular weight is 147 g/mol. The van der Waals surface area contributed by atoms with Crippen molar-refractivity contribution in [2.24, 2.45) is 5.73 Å². The van der Waals surface area contributed by atoms with Crippen LogP contribution in [0.25, 0.3) is 0 Å². The van der Waals surface area contributed by atoms with E-state index in [9.17, 15) is 0 Å². The smallest absolute Gasteiger partial charge is 0.152 e. The van der Waals surface area contributed by atoms with E-state index in [4.69, 9.17) is 11.1 Å². The Morgan fingerprint density at radius 1 is 1.67 bits per heavy atom. The Morgan fingerprint density at radius 3 is 2.22 bits per heavy atom. The third-order valence-corrected chi connectivity index (χ3v) is 2.04. The molecule has 0 aliphatic carbocycles. The predicted molar refractivity (Wildman–Crippen MR) is 42.7 cm³/mol.